The van der Waals surface area contributed by atoms with Crippen LogP contribution in [0.2, 0.25) is 0 Å². The lowest BCUT2D eigenvalue weighted by atomic mass is 9.81. The third-order valence-corrected chi connectivity index (χ3v) is 6.81. The van der Waals surface area contributed by atoms with Gasteiger partial charge in [0.1, 0.15) is 11.6 Å². The number of amides is 1. The number of anilines is 1. The number of hydrogen-bond acceptors (Lipinski definition) is 5. The second kappa shape index (κ2) is 11.2. The summed E-state index contributed by atoms with van der Waals surface area (Å²) in [6.45, 7) is 6.80. The number of carbonyl (C=O) groups is 1. The van der Waals surface area contributed by atoms with E-state index < -0.39 is 0 Å². The highest BCUT2D eigenvalue weighted by molar-refractivity contribution is 5.92. The number of H-pyrrole nitrogens is 1. The fourth-order valence-corrected chi connectivity index (χ4v) is 4.85. The van der Waals surface area contributed by atoms with E-state index in [1.807, 2.05) is 29.7 Å². The molecule has 1 fully saturated rings. The van der Waals surface area contributed by atoms with E-state index in [0.29, 0.717) is 30.6 Å². The molecule has 4 N–H and O–H groups in total. The average molecular weight is 491 g/mol. The molecule has 190 valence electrons. The Morgan fingerprint density at radius 2 is 2.06 bits per heavy atom. The number of rotatable bonds is 9. The number of nitrogens with zero attached hydrogens (tertiary/aromatic N) is 3. The van der Waals surface area contributed by atoms with Crippen molar-refractivity contribution in [3.05, 3.63) is 71.5 Å². The van der Waals surface area contributed by atoms with E-state index >= 15 is 0 Å². The van der Waals surface area contributed by atoms with Gasteiger partial charge in [-0.15, -0.1) is 0 Å². The first kappa shape index (κ1) is 25.1. The van der Waals surface area contributed by atoms with E-state index in [0.717, 1.165) is 48.0 Å². The molecule has 2 aromatic heterocycles. The van der Waals surface area contributed by atoms with Gasteiger partial charge in [0.15, 0.2) is 0 Å². The molecule has 0 spiro atoms. The lowest BCUT2D eigenvalue weighted by Gasteiger charge is -2.27. The predicted molar refractivity (Wildman–Crippen MR) is 143 cm³/mol. The average Bonchev–Trinajstić information content (AvgIpc) is 3.43. The highest BCUT2D eigenvalue weighted by Gasteiger charge is 2.28. The molecule has 0 radical (unpaired) electrons. The van der Waals surface area contributed by atoms with Crippen molar-refractivity contribution in [1.29, 1.82) is 0 Å². The quantitative estimate of drug-likeness (QED) is 0.392. The summed E-state index contributed by atoms with van der Waals surface area (Å²) in [6.07, 6.45) is 10.0. The summed E-state index contributed by atoms with van der Waals surface area (Å²) >= 11 is 0. The zero-order chi connectivity index (χ0) is 25.7. The largest absolute Gasteiger partial charge is 0.494 e. The molecule has 0 bridgehead atoms. The summed E-state index contributed by atoms with van der Waals surface area (Å²) in [5, 5.41) is 10.0. The van der Waals surface area contributed by atoms with Crippen LogP contribution in [0.25, 0.3) is 16.6 Å². The number of aryl methyl sites for hydroxylation is 1. The van der Waals surface area contributed by atoms with Gasteiger partial charge >= 0.3 is 5.69 Å². The first-order chi connectivity index (χ1) is 17.4. The van der Waals surface area contributed by atoms with E-state index in [4.69, 9.17) is 10.5 Å². The standard InChI is InChI=1S/C27H34N6O3/c1-4-6-7-20(16-28)22-15-25(31-30-22)29-26(34)19-10-8-18(9-11-19)17-33-24-14-21(36-5-2)12-13-23(24)32(3)27(33)35/h4,6-7,12-16,18-19H,1,5,8-11,17,28H2,2-3H3,(H2,29,30,31,34)/b7-6-,20-16+. The third-order valence-electron chi connectivity index (χ3n) is 6.81. The Morgan fingerprint density at radius 1 is 1.28 bits per heavy atom. The van der Waals surface area contributed by atoms with E-state index in [-0.39, 0.29) is 17.5 Å². The summed E-state index contributed by atoms with van der Waals surface area (Å²) in [5.41, 5.74) is 8.81. The van der Waals surface area contributed by atoms with Crippen LogP contribution in [0.5, 0.6) is 5.75 Å². The first-order valence-electron chi connectivity index (χ1n) is 12.3. The predicted octanol–water partition coefficient (Wildman–Crippen LogP) is 3.95. The van der Waals surface area contributed by atoms with Gasteiger partial charge in [0, 0.05) is 43.4 Å². The van der Waals surface area contributed by atoms with Gasteiger partial charge in [-0.25, -0.2) is 4.79 Å². The zero-order valence-electron chi connectivity index (χ0n) is 20.9. The second-order valence-corrected chi connectivity index (χ2v) is 9.13. The number of aromatic amines is 1. The van der Waals surface area contributed by atoms with Crippen molar-refractivity contribution in [1.82, 2.24) is 19.3 Å². The Labute approximate surface area is 210 Å². The fourth-order valence-electron chi connectivity index (χ4n) is 4.85. The van der Waals surface area contributed by atoms with Crippen LogP contribution in [0.3, 0.4) is 0 Å². The molecule has 1 aliphatic carbocycles. The van der Waals surface area contributed by atoms with E-state index in [1.54, 1.807) is 35.9 Å². The van der Waals surface area contributed by atoms with Crippen molar-refractivity contribution in [3.63, 3.8) is 0 Å². The van der Waals surface area contributed by atoms with Crippen molar-refractivity contribution in [2.45, 2.75) is 39.2 Å². The minimum absolute atomic E-state index is 0.0211. The number of benzene rings is 1. The number of allylic oxidation sites excluding steroid dienone is 4. The smallest absolute Gasteiger partial charge is 0.328 e. The van der Waals surface area contributed by atoms with Gasteiger partial charge in [0.05, 0.1) is 23.3 Å². The van der Waals surface area contributed by atoms with E-state index in [1.165, 1.54) is 6.20 Å². The van der Waals surface area contributed by atoms with Crippen molar-refractivity contribution in [2.24, 2.45) is 24.6 Å². The molecular formula is C27H34N6O3. The molecule has 0 aliphatic heterocycles. The lowest BCUT2D eigenvalue weighted by molar-refractivity contribution is -0.121. The zero-order valence-corrected chi connectivity index (χ0v) is 20.9. The van der Waals surface area contributed by atoms with Crippen LogP contribution in [0.15, 0.2) is 60.1 Å². The third kappa shape index (κ3) is 5.30. The monoisotopic (exact) mass is 490 g/mol. The molecule has 1 aliphatic rings. The Balaban J connectivity index is 1.37. The van der Waals surface area contributed by atoms with Crippen molar-refractivity contribution < 1.29 is 9.53 Å². The maximum Gasteiger partial charge on any atom is 0.328 e. The van der Waals surface area contributed by atoms with Crippen LogP contribution in [-0.2, 0) is 18.4 Å². The SMILES string of the molecule is C=C/C=C\C(=C/N)c1cc(NC(=O)C2CCC(Cn3c(=O)n(C)c4ccc(OCC)cc43)CC2)[nH]n1. The van der Waals surface area contributed by atoms with E-state index in [2.05, 4.69) is 22.1 Å². The minimum Gasteiger partial charge on any atom is -0.494 e. The Bertz CT molecular complexity index is 1350. The molecule has 0 saturated heterocycles. The first-order valence-corrected chi connectivity index (χ1v) is 12.3. The number of hydrogen-bond donors (Lipinski definition) is 3. The normalized spacial score (nSPS) is 18.6. The summed E-state index contributed by atoms with van der Waals surface area (Å²) in [5.74, 6) is 1.54. The number of nitrogens with one attached hydrogen (secondary N) is 2. The highest BCUT2D eigenvalue weighted by Crippen LogP contribution is 2.31. The molecule has 9 nitrogen and oxygen atoms in total. The highest BCUT2D eigenvalue weighted by atomic mass is 16.5. The van der Waals surface area contributed by atoms with Gasteiger partial charge in [-0.1, -0.05) is 24.8 Å². The summed E-state index contributed by atoms with van der Waals surface area (Å²) in [4.78, 5) is 25.8. The topological polar surface area (TPSA) is 120 Å². The van der Waals surface area contributed by atoms with Crippen molar-refractivity contribution in [2.75, 3.05) is 11.9 Å². The molecular weight excluding hydrogens is 456 g/mol. The van der Waals surface area contributed by atoms with Gasteiger partial charge < -0.3 is 15.8 Å². The van der Waals surface area contributed by atoms with Gasteiger partial charge in [-0.2, -0.15) is 5.10 Å². The number of carbonyl (C=O) groups excluding carboxylic acids is 1. The molecule has 4 rings (SSSR count). The Kier molecular flexibility index (Phi) is 7.77. The maximum atomic E-state index is 12.9. The van der Waals surface area contributed by atoms with E-state index in [9.17, 15) is 9.59 Å². The van der Waals surface area contributed by atoms with Crippen LogP contribution in [0.4, 0.5) is 5.82 Å². The van der Waals surface area contributed by atoms with Crippen LogP contribution >= 0.6 is 0 Å². The molecule has 0 atom stereocenters. The number of nitrogens with two attached hydrogens (primary N) is 1. The molecule has 2 heterocycles. The number of fused-ring (bicyclic) bond motifs is 1. The number of aromatic nitrogens is 4. The molecule has 0 unspecified atom stereocenters. The van der Waals surface area contributed by atoms with Crippen LogP contribution < -0.4 is 21.5 Å². The van der Waals surface area contributed by atoms with Gasteiger partial charge in [0.25, 0.3) is 0 Å². The maximum absolute atomic E-state index is 12.9. The molecule has 1 aromatic carbocycles. The van der Waals surface area contributed by atoms with Crippen molar-refractivity contribution in [3.8, 4) is 5.75 Å². The molecule has 1 saturated carbocycles. The van der Waals surface area contributed by atoms with Gasteiger partial charge in [-0.05, 0) is 50.7 Å². The Morgan fingerprint density at radius 3 is 2.75 bits per heavy atom. The summed E-state index contributed by atoms with van der Waals surface area (Å²) in [6, 6.07) is 7.53. The van der Waals surface area contributed by atoms with Crippen LogP contribution in [-0.4, -0.2) is 31.8 Å². The fraction of sp³-hybridized carbons (Fsp3) is 0.370. The minimum atomic E-state index is -0.0769. The number of imidazole rings is 1. The van der Waals surface area contributed by atoms with Crippen LogP contribution in [0, 0.1) is 11.8 Å². The van der Waals surface area contributed by atoms with Gasteiger partial charge in [-0.3, -0.25) is 19.0 Å². The van der Waals surface area contributed by atoms with Crippen LogP contribution in [0.1, 0.15) is 38.3 Å². The second-order valence-electron chi connectivity index (χ2n) is 9.13. The lowest BCUT2D eigenvalue weighted by Crippen LogP contribution is -2.31. The molecule has 1 amide bonds. The van der Waals surface area contributed by atoms with Gasteiger partial charge in [0.2, 0.25) is 5.91 Å². The molecule has 9 heteroatoms. The number of ether oxygens (including phenoxy) is 1. The summed E-state index contributed by atoms with van der Waals surface area (Å²) < 4.78 is 9.17. The molecule has 3 aromatic rings. The molecule has 36 heavy (non-hydrogen) atoms. The summed E-state index contributed by atoms with van der Waals surface area (Å²) in [7, 11) is 1.80. The van der Waals surface area contributed by atoms with Crippen molar-refractivity contribution >= 4 is 28.3 Å². The Hall–Kier alpha value is -4.01.